The molecule has 0 aliphatic heterocycles. The molecule has 0 spiro atoms. The van der Waals surface area contributed by atoms with Crippen LogP contribution in [0, 0.1) is 10.1 Å². The molecule has 0 amide bonds. The van der Waals surface area contributed by atoms with Crippen LogP contribution in [-0.4, -0.2) is 15.1 Å². The third-order valence-corrected chi connectivity index (χ3v) is 2.47. The lowest BCUT2D eigenvalue weighted by atomic mass is 10.3. The van der Waals surface area contributed by atoms with E-state index in [0.29, 0.717) is 5.69 Å². The largest absolute Gasteiger partial charge is 0.315 e. The van der Waals surface area contributed by atoms with Crippen molar-refractivity contribution in [1.29, 1.82) is 0 Å². The first kappa shape index (κ1) is 7.93. The van der Waals surface area contributed by atoms with Crippen molar-refractivity contribution in [3.8, 4) is 10.6 Å². The number of nitro groups is 1. The number of nitrogens with one attached hydrogen (secondary N) is 1. The zero-order chi connectivity index (χ0) is 9.26. The number of H-pyrrole nitrogens is 1. The first-order valence-electron chi connectivity index (χ1n) is 3.50. The third-order valence-electron chi connectivity index (χ3n) is 1.58. The Balaban J connectivity index is 2.52. The summed E-state index contributed by atoms with van der Waals surface area (Å²) in [5, 5.41) is 18.6. The van der Waals surface area contributed by atoms with Gasteiger partial charge in [0.1, 0.15) is 6.20 Å². The van der Waals surface area contributed by atoms with E-state index in [-0.39, 0.29) is 5.69 Å². The Labute approximate surface area is 77.2 Å². The van der Waals surface area contributed by atoms with Crippen LogP contribution in [0.15, 0.2) is 23.7 Å². The molecule has 0 fully saturated rings. The highest BCUT2D eigenvalue weighted by atomic mass is 32.1. The van der Waals surface area contributed by atoms with Crippen LogP contribution in [0.5, 0.6) is 0 Å². The Hall–Kier alpha value is -1.69. The molecule has 0 unspecified atom stereocenters. The van der Waals surface area contributed by atoms with Gasteiger partial charge < -0.3 is 0 Å². The number of aromatic nitrogens is 2. The predicted octanol–water partition coefficient (Wildman–Crippen LogP) is 2.05. The first-order chi connectivity index (χ1) is 6.29. The maximum atomic E-state index is 10.5. The van der Waals surface area contributed by atoms with E-state index >= 15 is 0 Å². The molecule has 1 N–H and O–H groups in total. The summed E-state index contributed by atoms with van der Waals surface area (Å²) >= 11 is 1.44. The van der Waals surface area contributed by atoms with Crippen molar-refractivity contribution in [2.75, 3.05) is 0 Å². The van der Waals surface area contributed by atoms with Crippen molar-refractivity contribution in [2.24, 2.45) is 0 Å². The minimum atomic E-state index is -0.446. The Kier molecular flexibility index (Phi) is 1.82. The van der Waals surface area contributed by atoms with E-state index in [1.54, 1.807) is 0 Å². The van der Waals surface area contributed by atoms with Gasteiger partial charge in [0.25, 0.3) is 0 Å². The molecule has 2 heterocycles. The molecule has 66 valence electrons. The maximum Gasteiger partial charge on any atom is 0.315 e. The molecule has 2 rings (SSSR count). The Bertz CT molecular complexity index is 421. The second kappa shape index (κ2) is 2.98. The standard InChI is InChI=1S/C7H5N3O2S/c11-10(12)5-4-8-9-7(5)6-2-1-3-13-6/h1-4H,(H,8,9). The summed E-state index contributed by atoms with van der Waals surface area (Å²) in [5.41, 5.74) is 0.488. The topological polar surface area (TPSA) is 71.8 Å². The van der Waals surface area contributed by atoms with Gasteiger partial charge in [0.2, 0.25) is 0 Å². The van der Waals surface area contributed by atoms with Crippen molar-refractivity contribution in [1.82, 2.24) is 10.2 Å². The normalized spacial score (nSPS) is 10.2. The molecule has 5 nitrogen and oxygen atoms in total. The van der Waals surface area contributed by atoms with Gasteiger partial charge in [0, 0.05) is 0 Å². The van der Waals surface area contributed by atoms with Gasteiger partial charge in [-0.3, -0.25) is 15.2 Å². The monoisotopic (exact) mass is 195 g/mol. The van der Waals surface area contributed by atoms with Crippen molar-refractivity contribution < 1.29 is 4.92 Å². The fraction of sp³-hybridized carbons (Fsp3) is 0. The number of hydrogen-bond acceptors (Lipinski definition) is 4. The number of nitrogens with zero attached hydrogens (tertiary/aromatic N) is 2. The van der Waals surface area contributed by atoms with E-state index in [2.05, 4.69) is 10.2 Å². The molecule has 0 aliphatic carbocycles. The molecule has 0 aromatic carbocycles. The lowest BCUT2D eigenvalue weighted by Crippen LogP contribution is -1.87. The highest BCUT2D eigenvalue weighted by molar-refractivity contribution is 7.13. The number of thiophene rings is 1. The Morgan fingerprint density at radius 2 is 2.46 bits per heavy atom. The number of rotatable bonds is 2. The van der Waals surface area contributed by atoms with Crippen molar-refractivity contribution in [3.63, 3.8) is 0 Å². The molecule has 0 atom stereocenters. The van der Waals surface area contributed by atoms with E-state index in [1.165, 1.54) is 17.5 Å². The summed E-state index contributed by atoms with van der Waals surface area (Å²) < 4.78 is 0. The van der Waals surface area contributed by atoms with Crippen molar-refractivity contribution >= 4 is 17.0 Å². The quantitative estimate of drug-likeness (QED) is 0.588. The average molecular weight is 195 g/mol. The van der Waals surface area contributed by atoms with E-state index < -0.39 is 4.92 Å². The van der Waals surface area contributed by atoms with Gasteiger partial charge in [-0.25, -0.2) is 0 Å². The van der Waals surface area contributed by atoms with Crippen LogP contribution in [0.2, 0.25) is 0 Å². The molecule has 2 aromatic rings. The average Bonchev–Trinajstić information content (AvgIpc) is 2.74. The van der Waals surface area contributed by atoms with Crippen LogP contribution >= 0.6 is 11.3 Å². The summed E-state index contributed by atoms with van der Waals surface area (Å²) in [6.45, 7) is 0. The van der Waals surface area contributed by atoms with Crippen molar-refractivity contribution in [2.45, 2.75) is 0 Å². The Morgan fingerprint density at radius 3 is 3.08 bits per heavy atom. The fourth-order valence-electron chi connectivity index (χ4n) is 1.02. The maximum absolute atomic E-state index is 10.5. The summed E-state index contributed by atoms with van der Waals surface area (Å²) in [4.78, 5) is 10.9. The molecule has 0 saturated carbocycles. The van der Waals surface area contributed by atoms with Crippen LogP contribution < -0.4 is 0 Å². The lowest BCUT2D eigenvalue weighted by molar-refractivity contribution is -0.384. The van der Waals surface area contributed by atoms with Gasteiger partial charge in [-0.1, -0.05) is 6.07 Å². The number of hydrogen-bond donors (Lipinski definition) is 1. The van der Waals surface area contributed by atoms with E-state index in [9.17, 15) is 10.1 Å². The van der Waals surface area contributed by atoms with Crippen LogP contribution in [0.1, 0.15) is 0 Å². The van der Waals surface area contributed by atoms with Gasteiger partial charge in [-0.2, -0.15) is 5.10 Å². The highest BCUT2D eigenvalue weighted by Crippen LogP contribution is 2.30. The summed E-state index contributed by atoms with van der Waals surface area (Å²) in [6.07, 6.45) is 1.22. The van der Waals surface area contributed by atoms with Gasteiger partial charge >= 0.3 is 5.69 Å². The second-order valence-electron chi connectivity index (χ2n) is 2.36. The Morgan fingerprint density at radius 1 is 1.62 bits per heavy atom. The van der Waals surface area contributed by atoms with E-state index in [0.717, 1.165) is 4.88 Å². The minimum absolute atomic E-state index is 0.0162. The summed E-state index contributed by atoms with van der Waals surface area (Å²) in [7, 11) is 0. The van der Waals surface area contributed by atoms with Gasteiger partial charge in [-0.05, 0) is 11.4 Å². The molecule has 13 heavy (non-hydrogen) atoms. The zero-order valence-corrected chi connectivity index (χ0v) is 7.25. The van der Waals surface area contributed by atoms with Gasteiger partial charge in [0.05, 0.1) is 9.80 Å². The summed E-state index contributed by atoms with van der Waals surface area (Å²) in [6, 6.07) is 3.65. The molecule has 0 radical (unpaired) electrons. The lowest BCUT2D eigenvalue weighted by Gasteiger charge is -1.90. The van der Waals surface area contributed by atoms with Gasteiger partial charge in [-0.15, -0.1) is 11.3 Å². The molecule has 0 bridgehead atoms. The molecular formula is C7H5N3O2S. The van der Waals surface area contributed by atoms with Crippen LogP contribution in [0.4, 0.5) is 5.69 Å². The van der Waals surface area contributed by atoms with E-state index in [1.807, 2.05) is 17.5 Å². The molecule has 0 aliphatic rings. The third kappa shape index (κ3) is 1.31. The highest BCUT2D eigenvalue weighted by Gasteiger charge is 2.17. The molecule has 0 saturated heterocycles. The summed E-state index contributed by atoms with van der Waals surface area (Å²) in [5.74, 6) is 0. The predicted molar refractivity (Wildman–Crippen MR) is 48.6 cm³/mol. The fourth-order valence-corrected chi connectivity index (χ4v) is 1.75. The molecular weight excluding hydrogens is 190 g/mol. The first-order valence-corrected chi connectivity index (χ1v) is 4.38. The zero-order valence-electron chi connectivity index (χ0n) is 6.43. The van der Waals surface area contributed by atoms with Gasteiger partial charge in [0.15, 0.2) is 5.69 Å². The van der Waals surface area contributed by atoms with Crippen LogP contribution in [0.3, 0.4) is 0 Å². The van der Waals surface area contributed by atoms with Crippen molar-refractivity contribution in [3.05, 3.63) is 33.8 Å². The number of aromatic amines is 1. The minimum Gasteiger partial charge on any atom is -0.270 e. The van der Waals surface area contributed by atoms with Crippen LogP contribution in [0.25, 0.3) is 10.6 Å². The second-order valence-corrected chi connectivity index (χ2v) is 3.31. The SMILES string of the molecule is O=[N+]([O-])c1cn[nH]c1-c1cccs1. The van der Waals surface area contributed by atoms with Crippen LogP contribution in [-0.2, 0) is 0 Å². The molecule has 6 heteroatoms. The smallest absolute Gasteiger partial charge is 0.270 e. The van der Waals surface area contributed by atoms with E-state index in [4.69, 9.17) is 0 Å². The molecule has 2 aromatic heterocycles.